The molecule has 7 nitrogen and oxygen atoms in total. The van der Waals surface area contributed by atoms with Gasteiger partial charge in [-0.25, -0.2) is 4.79 Å². The lowest BCUT2D eigenvalue weighted by atomic mass is 10.2. The average molecular weight is 411 g/mol. The smallest absolute Gasteiger partial charge is 0.332 e. The Kier molecular flexibility index (Phi) is 4.76. The number of nitrogens with zero attached hydrogens (tertiary/aromatic N) is 4. The van der Waals surface area contributed by atoms with E-state index >= 15 is 0 Å². The maximum absolute atomic E-state index is 12.9. The first-order valence-electron chi connectivity index (χ1n) is 9.00. The number of aryl methyl sites for hydroxylation is 2. The molecule has 0 saturated heterocycles. The van der Waals surface area contributed by atoms with Crippen LogP contribution >= 0.6 is 11.6 Å². The van der Waals surface area contributed by atoms with E-state index < -0.39 is 11.2 Å². The van der Waals surface area contributed by atoms with Crippen LogP contribution < -0.4 is 16.0 Å². The Morgan fingerprint density at radius 2 is 1.62 bits per heavy atom. The van der Waals surface area contributed by atoms with E-state index in [-0.39, 0.29) is 11.7 Å². The van der Waals surface area contributed by atoms with Crippen LogP contribution in [-0.2, 0) is 20.6 Å². The number of hydrogen-bond acceptors (Lipinski definition) is 4. The number of ether oxygens (including phenoxy) is 1. The monoisotopic (exact) mass is 410 g/mol. The molecule has 0 aliphatic heterocycles. The van der Waals surface area contributed by atoms with E-state index in [9.17, 15) is 9.59 Å². The van der Waals surface area contributed by atoms with Gasteiger partial charge in [0.2, 0.25) is 0 Å². The summed E-state index contributed by atoms with van der Waals surface area (Å²) in [6, 6.07) is 15.1. The van der Waals surface area contributed by atoms with Crippen molar-refractivity contribution < 1.29 is 4.74 Å². The van der Waals surface area contributed by atoms with Crippen molar-refractivity contribution in [2.75, 3.05) is 0 Å². The predicted octanol–water partition coefficient (Wildman–Crippen LogP) is 3.24. The molecule has 2 heterocycles. The molecule has 29 heavy (non-hydrogen) atoms. The van der Waals surface area contributed by atoms with Gasteiger partial charge in [0.25, 0.3) is 5.56 Å². The molecule has 0 unspecified atom stereocenters. The second-order valence-electron chi connectivity index (χ2n) is 6.90. The number of rotatable bonds is 4. The van der Waals surface area contributed by atoms with Crippen molar-refractivity contribution >= 4 is 22.8 Å². The van der Waals surface area contributed by atoms with Crippen molar-refractivity contribution in [3.63, 3.8) is 0 Å². The Labute approximate surface area is 171 Å². The molecule has 0 fully saturated rings. The van der Waals surface area contributed by atoms with Crippen molar-refractivity contribution in [2.24, 2.45) is 14.1 Å². The van der Waals surface area contributed by atoms with Gasteiger partial charge in [-0.05, 0) is 36.8 Å². The second-order valence-corrected chi connectivity index (χ2v) is 7.34. The Hall–Kier alpha value is -3.32. The summed E-state index contributed by atoms with van der Waals surface area (Å²) in [6.07, 6.45) is 0. The number of aromatic nitrogens is 4. The van der Waals surface area contributed by atoms with Crippen LogP contribution in [0.3, 0.4) is 0 Å². The number of fused-ring (bicyclic) bond motifs is 1. The third-order valence-electron chi connectivity index (χ3n) is 4.80. The molecular weight excluding hydrogens is 392 g/mol. The normalized spacial score (nSPS) is 11.2. The summed E-state index contributed by atoms with van der Waals surface area (Å²) in [5.41, 5.74) is 1.71. The summed E-state index contributed by atoms with van der Waals surface area (Å²) >= 11 is 5.99. The fraction of sp³-hybridized carbons (Fsp3) is 0.190. The molecule has 2 aromatic heterocycles. The zero-order valence-corrected chi connectivity index (χ0v) is 17.0. The van der Waals surface area contributed by atoms with Crippen LogP contribution in [0.1, 0.15) is 11.1 Å². The summed E-state index contributed by atoms with van der Waals surface area (Å²) in [6.45, 7) is 2.32. The molecule has 8 heteroatoms. The largest absolute Gasteiger partial charge is 0.425 e. The van der Waals surface area contributed by atoms with E-state index in [4.69, 9.17) is 16.3 Å². The fourth-order valence-corrected chi connectivity index (χ4v) is 3.26. The summed E-state index contributed by atoms with van der Waals surface area (Å²) < 4.78 is 10.1. The van der Waals surface area contributed by atoms with Gasteiger partial charge < -0.3 is 4.74 Å². The topological polar surface area (TPSA) is 71.1 Å². The van der Waals surface area contributed by atoms with Gasteiger partial charge in [-0.3, -0.25) is 18.5 Å². The van der Waals surface area contributed by atoms with E-state index in [0.29, 0.717) is 22.8 Å². The first-order chi connectivity index (χ1) is 13.8. The maximum atomic E-state index is 12.9. The molecule has 0 atom stereocenters. The quantitative estimate of drug-likeness (QED) is 0.518. The lowest BCUT2D eigenvalue weighted by molar-refractivity contribution is 0.421. The maximum Gasteiger partial charge on any atom is 0.332 e. The minimum Gasteiger partial charge on any atom is -0.425 e. The van der Waals surface area contributed by atoms with Crippen molar-refractivity contribution in [3.05, 3.63) is 85.5 Å². The highest BCUT2D eigenvalue weighted by Crippen LogP contribution is 2.25. The molecule has 148 valence electrons. The molecule has 4 aromatic rings. The zero-order valence-electron chi connectivity index (χ0n) is 16.2. The van der Waals surface area contributed by atoms with Crippen LogP contribution in [-0.4, -0.2) is 18.7 Å². The van der Waals surface area contributed by atoms with Crippen LogP contribution in [0, 0.1) is 6.92 Å². The molecule has 0 bridgehead atoms. The fourth-order valence-electron chi connectivity index (χ4n) is 3.14. The standard InChI is InChI=1S/C21H19ClN4O3/c1-13-4-10-16(11-5-13)29-20-23-18-17(19(27)25(3)21(28)24(18)2)26(20)12-14-6-8-15(22)9-7-14/h4-11H,12H2,1-3H3. The van der Waals surface area contributed by atoms with Gasteiger partial charge in [0.15, 0.2) is 11.2 Å². The molecule has 4 rings (SSSR count). The van der Waals surface area contributed by atoms with Gasteiger partial charge in [-0.1, -0.05) is 41.4 Å². The number of imidazole rings is 1. The lowest BCUT2D eigenvalue weighted by Crippen LogP contribution is -2.37. The minimum atomic E-state index is -0.444. The Bertz CT molecular complexity index is 1320. The molecule has 0 spiro atoms. The average Bonchev–Trinajstić information content (AvgIpc) is 3.06. The van der Waals surface area contributed by atoms with Crippen LogP contribution in [0.4, 0.5) is 0 Å². The van der Waals surface area contributed by atoms with Gasteiger partial charge in [-0.15, -0.1) is 0 Å². The second kappa shape index (κ2) is 7.25. The Morgan fingerprint density at radius 3 is 2.28 bits per heavy atom. The number of hydrogen-bond donors (Lipinski definition) is 0. The molecule has 2 aromatic carbocycles. The highest BCUT2D eigenvalue weighted by atomic mass is 35.5. The first kappa shape index (κ1) is 19.0. The van der Waals surface area contributed by atoms with Crippen LogP contribution in [0.15, 0.2) is 58.1 Å². The first-order valence-corrected chi connectivity index (χ1v) is 9.38. The van der Waals surface area contributed by atoms with Crippen LogP contribution in [0.2, 0.25) is 5.02 Å². The Balaban J connectivity index is 1.93. The molecule has 0 radical (unpaired) electrons. The minimum absolute atomic E-state index is 0.233. The van der Waals surface area contributed by atoms with Gasteiger partial charge in [0.05, 0.1) is 6.54 Å². The predicted molar refractivity (Wildman–Crippen MR) is 112 cm³/mol. The summed E-state index contributed by atoms with van der Waals surface area (Å²) in [5.74, 6) is 0.588. The van der Waals surface area contributed by atoms with Gasteiger partial charge >= 0.3 is 11.7 Å². The van der Waals surface area contributed by atoms with Crippen molar-refractivity contribution in [3.8, 4) is 11.8 Å². The molecule has 0 N–H and O–H groups in total. The molecule has 0 aliphatic carbocycles. The third-order valence-corrected chi connectivity index (χ3v) is 5.05. The number of benzene rings is 2. The zero-order chi connectivity index (χ0) is 20.7. The summed E-state index contributed by atoms with van der Waals surface area (Å²) in [5, 5.41) is 0.624. The summed E-state index contributed by atoms with van der Waals surface area (Å²) in [4.78, 5) is 29.7. The van der Waals surface area contributed by atoms with E-state index in [1.165, 1.54) is 11.6 Å². The lowest BCUT2D eigenvalue weighted by Gasteiger charge is -2.10. The highest BCUT2D eigenvalue weighted by Gasteiger charge is 2.20. The molecule has 0 saturated carbocycles. The molecule has 0 aliphatic rings. The van der Waals surface area contributed by atoms with E-state index in [1.54, 1.807) is 23.7 Å². The van der Waals surface area contributed by atoms with Crippen molar-refractivity contribution in [2.45, 2.75) is 13.5 Å². The number of halogens is 1. The van der Waals surface area contributed by atoms with Crippen molar-refractivity contribution in [1.82, 2.24) is 18.7 Å². The molecular formula is C21H19ClN4O3. The Morgan fingerprint density at radius 1 is 0.966 bits per heavy atom. The highest BCUT2D eigenvalue weighted by molar-refractivity contribution is 6.30. The van der Waals surface area contributed by atoms with Crippen LogP contribution in [0.5, 0.6) is 11.8 Å². The van der Waals surface area contributed by atoms with Crippen LogP contribution in [0.25, 0.3) is 11.2 Å². The van der Waals surface area contributed by atoms with E-state index in [2.05, 4.69) is 4.98 Å². The molecule has 0 amide bonds. The van der Waals surface area contributed by atoms with Gasteiger partial charge in [0.1, 0.15) is 5.75 Å². The van der Waals surface area contributed by atoms with Gasteiger partial charge in [-0.2, -0.15) is 4.98 Å². The SMILES string of the molecule is Cc1ccc(Oc2nc3c(c(=O)n(C)c(=O)n3C)n2Cc2ccc(Cl)cc2)cc1. The van der Waals surface area contributed by atoms with E-state index in [0.717, 1.165) is 15.7 Å². The third kappa shape index (κ3) is 3.45. The van der Waals surface area contributed by atoms with Crippen molar-refractivity contribution in [1.29, 1.82) is 0 Å². The van der Waals surface area contributed by atoms with E-state index in [1.807, 2.05) is 43.3 Å². The summed E-state index contributed by atoms with van der Waals surface area (Å²) in [7, 11) is 3.03. The van der Waals surface area contributed by atoms with Gasteiger partial charge in [0, 0.05) is 19.1 Å².